The van der Waals surface area contributed by atoms with Crippen molar-refractivity contribution in [2.24, 2.45) is 5.92 Å². The van der Waals surface area contributed by atoms with E-state index in [2.05, 4.69) is 18.8 Å². The lowest BCUT2D eigenvalue weighted by atomic mass is 9.97. The molecular weight excluding hydrogens is 406 g/mol. The van der Waals surface area contributed by atoms with Crippen molar-refractivity contribution in [1.29, 1.82) is 0 Å². The van der Waals surface area contributed by atoms with Crippen molar-refractivity contribution in [3.05, 3.63) is 65.0 Å². The summed E-state index contributed by atoms with van der Waals surface area (Å²) in [4.78, 5) is 33.7. The van der Waals surface area contributed by atoms with E-state index in [1.54, 1.807) is 42.6 Å². The summed E-state index contributed by atoms with van der Waals surface area (Å²) < 4.78 is 5.82. The third-order valence-electron chi connectivity index (χ3n) is 5.32. The first-order chi connectivity index (χ1) is 15.2. The lowest BCUT2D eigenvalue weighted by molar-refractivity contribution is -0.140. The van der Waals surface area contributed by atoms with Gasteiger partial charge >= 0.3 is 0 Å². The van der Waals surface area contributed by atoms with Crippen molar-refractivity contribution < 1.29 is 19.4 Å². The molecule has 7 heteroatoms. The Kier molecular flexibility index (Phi) is 7.30. The summed E-state index contributed by atoms with van der Waals surface area (Å²) in [6, 6.07) is 9.86. The molecule has 0 saturated carbocycles. The summed E-state index contributed by atoms with van der Waals surface area (Å²) >= 11 is 0. The molecule has 0 spiro atoms. The van der Waals surface area contributed by atoms with E-state index in [0.29, 0.717) is 36.9 Å². The summed E-state index contributed by atoms with van der Waals surface area (Å²) in [5.41, 5.74) is 1.90. The fourth-order valence-electron chi connectivity index (χ4n) is 3.63. The number of hydrogen-bond acceptors (Lipinski definition) is 6. The largest absolute Gasteiger partial charge is 0.507 e. The van der Waals surface area contributed by atoms with Crippen LogP contribution in [0.4, 0.5) is 0 Å². The number of benzene rings is 1. The van der Waals surface area contributed by atoms with Gasteiger partial charge in [-0.1, -0.05) is 19.9 Å². The van der Waals surface area contributed by atoms with Gasteiger partial charge in [-0.15, -0.1) is 0 Å². The summed E-state index contributed by atoms with van der Waals surface area (Å²) in [6.07, 6.45) is 1.62. The molecule has 1 aliphatic heterocycles. The van der Waals surface area contributed by atoms with Crippen LogP contribution in [0.5, 0.6) is 5.75 Å². The maximum Gasteiger partial charge on any atom is 0.295 e. The van der Waals surface area contributed by atoms with Crippen LogP contribution in [0, 0.1) is 12.8 Å². The number of nitrogens with zero attached hydrogens (tertiary/aromatic N) is 3. The van der Waals surface area contributed by atoms with Crippen molar-refractivity contribution in [1.82, 2.24) is 14.8 Å². The number of likely N-dealkylation sites (tertiary alicyclic amines) is 1. The second kappa shape index (κ2) is 9.96. The molecule has 1 atom stereocenters. The second-order valence-corrected chi connectivity index (χ2v) is 8.74. The van der Waals surface area contributed by atoms with E-state index in [0.717, 1.165) is 11.3 Å². The van der Waals surface area contributed by atoms with Crippen molar-refractivity contribution in [2.45, 2.75) is 26.8 Å². The molecule has 1 aromatic carbocycles. The molecular formula is C25H31N3O4. The number of rotatable bonds is 8. The average Bonchev–Trinajstić information content (AvgIpc) is 3.01. The van der Waals surface area contributed by atoms with Gasteiger partial charge in [0.25, 0.3) is 11.7 Å². The van der Waals surface area contributed by atoms with Crippen LogP contribution in [0.15, 0.2) is 48.2 Å². The Morgan fingerprint density at radius 3 is 2.56 bits per heavy atom. The zero-order valence-electron chi connectivity index (χ0n) is 19.3. The van der Waals surface area contributed by atoms with E-state index < -0.39 is 17.7 Å². The molecule has 0 radical (unpaired) electrons. The molecule has 1 fully saturated rings. The highest BCUT2D eigenvalue weighted by Gasteiger charge is 2.46. The quantitative estimate of drug-likeness (QED) is 0.387. The number of aliphatic hydroxyl groups is 1. The minimum absolute atomic E-state index is 0.0581. The lowest BCUT2D eigenvalue weighted by Crippen LogP contribution is -2.35. The summed E-state index contributed by atoms with van der Waals surface area (Å²) in [6.45, 7) is 7.54. The van der Waals surface area contributed by atoms with Gasteiger partial charge in [0.05, 0.1) is 17.9 Å². The number of likely N-dealkylation sites (N-methyl/N-ethyl adjacent to an activating group) is 1. The Balaban J connectivity index is 2.05. The van der Waals surface area contributed by atoms with Gasteiger partial charge < -0.3 is 19.6 Å². The number of ether oxygens (including phenoxy) is 1. The first kappa shape index (κ1) is 23.5. The SMILES string of the molecule is Cc1cc(/C(O)=C2/C(=O)C(=O)N(CCN(C)C)C2c2ccccn2)ccc1OCC(C)C. The number of hydrogen-bond donors (Lipinski definition) is 1. The van der Waals surface area contributed by atoms with Crippen LogP contribution < -0.4 is 4.74 Å². The Morgan fingerprint density at radius 2 is 1.97 bits per heavy atom. The van der Waals surface area contributed by atoms with Crippen LogP contribution in [0.2, 0.25) is 0 Å². The third kappa shape index (κ3) is 4.99. The van der Waals surface area contributed by atoms with Crippen LogP contribution >= 0.6 is 0 Å². The zero-order chi connectivity index (χ0) is 23.4. The molecule has 2 aromatic rings. The molecule has 1 unspecified atom stereocenters. The number of pyridine rings is 1. The van der Waals surface area contributed by atoms with Crippen LogP contribution in [-0.4, -0.2) is 65.4 Å². The maximum atomic E-state index is 13.0. The molecule has 1 saturated heterocycles. The van der Waals surface area contributed by atoms with E-state index >= 15 is 0 Å². The Morgan fingerprint density at radius 1 is 1.22 bits per heavy atom. The molecule has 2 heterocycles. The smallest absolute Gasteiger partial charge is 0.295 e. The second-order valence-electron chi connectivity index (χ2n) is 8.74. The number of aliphatic hydroxyl groups excluding tert-OH is 1. The van der Waals surface area contributed by atoms with Gasteiger partial charge in [-0.05, 0) is 62.8 Å². The number of Topliss-reactive ketones (excluding diaryl/α,β-unsaturated/α-hetero) is 1. The highest BCUT2D eigenvalue weighted by Crippen LogP contribution is 2.38. The fourth-order valence-corrected chi connectivity index (χ4v) is 3.63. The molecule has 7 nitrogen and oxygen atoms in total. The average molecular weight is 438 g/mol. The Bertz CT molecular complexity index is 1020. The number of carbonyl (C=O) groups excluding carboxylic acids is 2. The van der Waals surface area contributed by atoms with E-state index in [4.69, 9.17) is 4.74 Å². The number of carbonyl (C=O) groups is 2. The monoisotopic (exact) mass is 437 g/mol. The fraction of sp³-hybridized carbons (Fsp3) is 0.400. The van der Waals surface area contributed by atoms with E-state index in [-0.39, 0.29) is 11.3 Å². The van der Waals surface area contributed by atoms with Crippen LogP contribution in [-0.2, 0) is 9.59 Å². The Labute approximate surface area is 189 Å². The molecule has 1 aromatic heterocycles. The Hall–Kier alpha value is -3.19. The number of ketones is 1. The van der Waals surface area contributed by atoms with Crippen molar-refractivity contribution >= 4 is 17.4 Å². The predicted octanol–water partition coefficient (Wildman–Crippen LogP) is 3.41. The van der Waals surface area contributed by atoms with Gasteiger partial charge in [0.15, 0.2) is 0 Å². The molecule has 1 amide bonds. The molecule has 1 aliphatic rings. The molecule has 0 bridgehead atoms. The summed E-state index contributed by atoms with van der Waals surface area (Å²) in [5.74, 6) is -0.417. The maximum absolute atomic E-state index is 13.0. The molecule has 1 N–H and O–H groups in total. The summed E-state index contributed by atoms with van der Waals surface area (Å²) in [5, 5.41) is 11.2. The van der Waals surface area contributed by atoms with Gasteiger partial charge in [-0.3, -0.25) is 14.6 Å². The minimum atomic E-state index is -0.742. The third-order valence-corrected chi connectivity index (χ3v) is 5.32. The number of amides is 1. The normalized spacial score (nSPS) is 18.1. The number of aryl methyl sites for hydroxylation is 1. The molecule has 170 valence electrons. The lowest BCUT2D eigenvalue weighted by Gasteiger charge is -2.25. The van der Waals surface area contributed by atoms with E-state index in [1.165, 1.54) is 4.90 Å². The van der Waals surface area contributed by atoms with Crippen molar-refractivity contribution in [2.75, 3.05) is 33.8 Å². The van der Waals surface area contributed by atoms with E-state index in [1.807, 2.05) is 25.9 Å². The van der Waals surface area contributed by atoms with Crippen LogP contribution in [0.1, 0.15) is 36.7 Å². The van der Waals surface area contributed by atoms with Crippen LogP contribution in [0.3, 0.4) is 0 Å². The van der Waals surface area contributed by atoms with Crippen LogP contribution in [0.25, 0.3) is 5.76 Å². The van der Waals surface area contributed by atoms with Gasteiger partial charge in [-0.25, -0.2) is 0 Å². The topological polar surface area (TPSA) is 83.0 Å². The van der Waals surface area contributed by atoms with Crippen molar-refractivity contribution in [3.8, 4) is 5.75 Å². The summed E-state index contributed by atoms with van der Waals surface area (Å²) in [7, 11) is 3.80. The van der Waals surface area contributed by atoms with Crippen molar-refractivity contribution in [3.63, 3.8) is 0 Å². The van der Waals surface area contributed by atoms with Gasteiger partial charge in [0.2, 0.25) is 0 Å². The first-order valence-electron chi connectivity index (χ1n) is 10.8. The highest BCUT2D eigenvalue weighted by atomic mass is 16.5. The minimum Gasteiger partial charge on any atom is -0.507 e. The molecule has 32 heavy (non-hydrogen) atoms. The predicted molar refractivity (Wildman–Crippen MR) is 123 cm³/mol. The number of aromatic nitrogens is 1. The van der Waals surface area contributed by atoms with Gasteiger partial charge in [0, 0.05) is 24.8 Å². The standard InChI is InChI=1S/C25H31N3O4/c1-16(2)15-32-20-10-9-18(14-17(20)3)23(29)21-22(19-8-6-7-11-26-19)28(13-12-27(4)5)25(31)24(21)30/h6-11,14,16,22,29H,12-13,15H2,1-5H3/b23-21-. The highest BCUT2D eigenvalue weighted by molar-refractivity contribution is 6.46. The zero-order valence-corrected chi connectivity index (χ0v) is 19.3. The van der Waals surface area contributed by atoms with Gasteiger partial charge in [-0.2, -0.15) is 0 Å². The molecule has 3 rings (SSSR count). The van der Waals surface area contributed by atoms with Gasteiger partial charge in [0.1, 0.15) is 17.6 Å². The van der Waals surface area contributed by atoms with E-state index in [9.17, 15) is 14.7 Å². The first-order valence-corrected chi connectivity index (χ1v) is 10.8. The molecule has 0 aliphatic carbocycles.